The highest BCUT2D eigenvalue weighted by Crippen LogP contribution is 2.39. The molecule has 0 unspecified atom stereocenters. The fourth-order valence-corrected chi connectivity index (χ4v) is 5.46. The molecule has 3 aromatic rings. The van der Waals surface area contributed by atoms with E-state index >= 15 is 0 Å². The Kier molecular flexibility index (Phi) is 5.33. The number of benzene rings is 3. The molecule has 1 atom stereocenters. The molecule has 150 valence electrons. The predicted molar refractivity (Wildman–Crippen MR) is 116 cm³/mol. The first-order chi connectivity index (χ1) is 14.0. The van der Waals surface area contributed by atoms with Crippen LogP contribution in [0.1, 0.15) is 29.0 Å². The lowest BCUT2D eigenvalue weighted by molar-refractivity contribution is 0.414. The van der Waals surface area contributed by atoms with Gasteiger partial charge in [-0.05, 0) is 67.1 Å². The molecule has 0 saturated heterocycles. The highest BCUT2D eigenvalue weighted by atomic mass is 32.2. The largest absolute Gasteiger partial charge is 0.497 e. The van der Waals surface area contributed by atoms with Crippen LogP contribution in [0.3, 0.4) is 0 Å². The molecule has 0 amide bonds. The van der Waals surface area contributed by atoms with Crippen molar-refractivity contribution in [2.45, 2.75) is 30.6 Å². The number of para-hydroxylation sites is 1. The Labute approximate surface area is 172 Å². The zero-order chi connectivity index (χ0) is 20.4. The predicted octanol–water partition coefficient (Wildman–Crippen LogP) is 4.93. The minimum Gasteiger partial charge on any atom is -0.497 e. The van der Waals surface area contributed by atoms with Gasteiger partial charge in [0.25, 0.3) is 10.0 Å². The zero-order valence-corrected chi connectivity index (χ0v) is 17.5. The van der Waals surface area contributed by atoms with Crippen molar-refractivity contribution in [2.24, 2.45) is 0 Å². The van der Waals surface area contributed by atoms with Crippen molar-refractivity contribution in [3.8, 4) is 5.75 Å². The van der Waals surface area contributed by atoms with E-state index in [1.54, 1.807) is 23.5 Å². The van der Waals surface area contributed by atoms with Gasteiger partial charge in [-0.3, -0.25) is 4.31 Å². The van der Waals surface area contributed by atoms with Gasteiger partial charge in [0.2, 0.25) is 0 Å². The second-order valence-corrected chi connectivity index (χ2v) is 9.35. The second-order valence-electron chi connectivity index (χ2n) is 7.49. The van der Waals surface area contributed by atoms with E-state index in [4.69, 9.17) is 4.74 Å². The zero-order valence-electron chi connectivity index (χ0n) is 16.7. The molecule has 1 aliphatic rings. The number of sulfonamides is 1. The van der Waals surface area contributed by atoms with Gasteiger partial charge in [-0.25, -0.2) is 8.42 Å². The number of aryl methyl sites for hydroxylation is 1. The summed E-state index contributed by atoms with van der Waals surface area (Å²) < 4.78 is 33.4. The normalized spacial score (nSPS) is 16.3. The quantitative estimate of drug-likeness (QED) is 0.603. The summed E-state index contributed by atoms with van der Waals surface area (Å²) in [4.78, 5) is 0.339. The van der Waals surface area contributed by atoms with Crippen molar-refractivity contribution in [2.75, 3.05) is 18.0 Å². The molecular formula is C24H25NO3S. The Balaban J connectivity index is 1.65. The van der Waals surface area contributed by atoms with Crippen LogP contribution in [0.4, 0.5) is 5.69 Å². The third kappa shape index (κ3) is 3.87. The average Bonchev–Trinajstić information content (AvgIpc) is 2.74. The van der Waals surface area contributed by atoms with E-state index in [1.165, 1.54) is 5.56 Å². The Hall–Kier alpha value is -2.79. The van der Waals surface area contributed by atoms with E-state index in [9.17, 15) is 8.42 Å². The van der Waals surface area contributed by atoms with Gasteiger partial charge < -0.3 is 4.74 Å². The lowest BCUT2D eigenvalue weighted by Crippen LogP contribution is -2.37. The molecule has 0 aromatic heterocycles. The summed E-state index contributed by atoms with van der Waals surface area (Å²) in [6, 6.07) is 23.0. The van der Waals surface area contributed by atoms with E-state index in [0.717, 1.165) is 35.4 Å². The molecule has 0 spiro atoms. The van der Waals surface area contributed by atoms with Gasteiger partial charge >= 0.3 is 0 Å². The number of hydrogen-bond acceptors (Lipinski definition) is 3. The first-order valence-electron chi connectivity index (χ1n) is 9.80. The Morgan fingerprint density at radius 1 is 0.966 bits per heavy atom. The van der Waals surface area contributed by atoms with Crippen molar-refractivity contribution < 1.29 is 13.2 Å². The summed E-state index contributed by atoms with van der Waals surface area (Å²) >= 11 is 0. The van der Waals surface area contributed by atoms with Crippen LogP contribution in [0.25, 0.3) is 0 Å². The molecule has 1 aliphatic heterocycles. The van der Waals surface area contributed by atoms with Crippen LogP contribution in [0, 0.1) is 6.92 Å². The summed E-state index contributed by atoms with van der Waals surface area (Å²) in [5.74, 6) is 1.12. The maximum atomic E-state index is 13.3. The van der Waals surface area contributed by atoms with Gasteiger partial charge in [0, 0.05) is 6.54 Å². The minimum absolute atomic E-state index is 0.282. The molecule has 0 N–H and O–H groups in total. The summed E-state index contributed by atoms with van der Waals surface area (Å²) in [5.41, 5.74) is 4.14. The minimum atomic E-state index is -3.58. The maximum absolute atomic E-state index is 13.3. The summed E-state index contributed by atoms with van der Waals surface area (Å²) in [7, 11) is -1.92. The van der Waals surface area contributed by atoms with Gasteiger partial charge in [-0.2, -0.15) is 0 Å². The van der Waals surface area contributed by atoms with E-state index in [1.807, 2.05) is 49.4 Å². The van der Waals surface area contributed by atoms with Crippen LogP contribution in [0.15, 0.2) is 77.7 Å². The van der Waals surface area contributed by atoms with Crippen LogP contribution >= 0.6 is 0 Å². The molecule has 0 aliphatic carbocycles. The molecular weight excluding hydrogens is 382 g/mol. The molecule has 29 heavy (non-hydrogen) atoms. The SMILES string of the molecule is COc1ccc(C[C@@H]2CCN(S(=O)(=O)c3ccc(C)cc3)c3ccccc32)cc1. The maximum Gasteiger partial charge on any atom is 0.264 e. The third-order valence-electron chi connectivity index (χ3n) is 5.58. The first-order valence-corrected chi connectivity index (χ1v) is 11.2. The van der Waals surface area contributed by atoms with E-state index < -0.39 is 10.0 Å². The van der Waals surface area contributed by atoms with Crippen molar-refractivity contribution >= 4 is 15.7 Å². The topological polar surface area (TPSA) is 46.6 Å². The standard InChI is InChI=1S/C24H25NO3S/c1-18-7-13-22(14-8-18)29(26,27)25-16-15-20(23-5-3-4-6-24(23)25)17-19-9-11-21(28-2)12-10-19/h3-14,20H,15-17H2,1-2H3/t20-/m0/s1. The molecule has 4 nitrogen and oxygen atoms in total. The fraction of sp³-hybridized carbons (Fsp3) is 0.250. The van der Waals surface area contributed by atoms with Gasteiger partial charge in [0.1, 0.15) is 5.75 Å². The number of hydrogen-bond donors (Lipinski definition) is 0. The Bertz CT molecular complexity index is 1090. The first kappa shape index (κ1) is 19.5. The molecule has 4 rings (SSSR count). The molecule has 0 saturated carbocycles. The van der Waals surface area contributed by atoms with E-state index in [2.05, 4.69) is 18.2 Å². The molecule has 3 aromatic carbocycles. The smallest absolute Gasteiger partial charge is 0.264 e. The summed E-state index contributed by atoms with van der Waals surface area (Å²) in [6.45, 7) is 2.43. The third-order valence-corrected chi connectivity index (χ3v) is 7.40. The number of nitrogens with zero attached hydrogens (tertiary/aromatic N) is 1. The van der Waals surface area contributed by atoms with Gasteiger partial charge in [-0.1, -0.05) is 48.0 Å². The molecule has 5 heteroatoms. The monoisotopic (exact) mass is 407 g/mol. The lowest BCUT2D eigenvalue weighted by Gasteiger charge is -2.35. The molecule has 0 bridgehead atoms. The van der Waals surface area contributed by atoms with Crippen LogP contribution < -0.4 is 9.04 Å². The average molecular weight is 408 g/mol. The lowest BCUT2D eigenvalue weighted by atomic mass is 9.86. The molecule has 0 fully saturated rings. The van der Waals surface area contributed by atoms with Crippen LogP contribution in [-0.2, 0) is 16.4 Å². The van der Waals surface area contributed by atoms with Crippen molar-refractivity contribution in [1.82, 2.24) is 0 Å². The van der Waals surface area contributed by atoms with Crippen molar-refractivity contribution in [3.05, 3.63) is 89.5 Å². The van der Waals surface area contributed by atoms with Crippen LogP contribution in [0.5, 0.6) is 5.75 Å². The Morgan fingerprint density at radius 3 is 2.34 bits per heavy atom. The molecule has 1 heterocycles. The number of rotatable bonds is 5. The summed E-state index contributed by atoms with van der Waals surface area (Å²) in [6.07, 6.45) is 1.66. The number of anilines is 1. The van der Waals surface area contributed by atoms with Crippen LogP contribution in [-0.4, -0.2) is 22.1 Å². The van der Waals surface area contributed by atoms with Gasteiger partial charge in [0.15, 0.2) is 0 Å². The number of ether oxygens (including phenoxy) is 1. The number of fused-ring (bicyclic) bond motifs is 1. The molecule has 0 radical (unpaired) electrons. The van der Waals surface area contributed by atoms with Gasteiger partial charge in [-0.15, -0.1) is 0 Å². The highest BCUT2D eigenvalue weighted by Gasteiger charge is 2.32. The number of methoxy groups -OCH3 is 1. The summed E-state index contributed by atoms with van der Waals surface area (Å²) in [5, 5.41) is 0. The van der Waals surface area contributed by atoms with Crippen molar-refractivity contribution in [1.29, 1.82) is 0 Å². The van der Waals surface area contributed by atoms with E-state index in [0.29, 0.717) is 11.4 Å². The van der Waals surface area contributed by atoms with Crippen molar-refractivity contribution in [3.63, 3.8) is 0 Å². The van der Waals surface area contributed by atoms with Gasteiger partial charge in [0.05, 0.1) is 17.7 Å². The fourth-order valence-electron chi connectivity index (χ4n) is 3.95. The Morgan fingerprint density at radius 2 is 1.66 bits per heavy atom. The van der Waals surface area contributed by atoms with Crippen LogP contribution in [0.2, 0.25) is 0 Å². The second kappa shape index (κ2) is 7.91. The highest BCUT2D eigenvalue weighted by molar-refractivity contribution is 7.92. The van der Waals surface area contributed by atoms with E-state index in [-0.39, 0.29) is 5.92 Å².